The Morgan fingerprint density at radius 1 is 1.44 bits per heavy atom. The number of carbonyl (C=O) groups excluding carboxylic acids is 1. The average Bonchev–Trinajstić information content (AvgIpc) is 2.22. The Labute approximate surface area is 94.8 Å². The Hall–Kier alpha value is -1.42. The van der Waals surface area contributed by atoms with Gasteiger partial charge < -0.3 is 11.1 Å². The topological polar surface area (TPSA) is 55.1 Å². The zero-order valence-corrected chi connectivity index (χ0v) is 9.80. The van der Waals surface area contributed by atoms with Gasteiger partial charge in [0.05, 0.1) is 6.04 Å². The van der Waals surface area contributed by atoms with E-state index < -0.39 is 6.04 Å². The SMILES string of the molecule is Cc1cc(CNC(=O)C(C)N)cc(C)c1F. The minimum atomic E-state index is -0.525. The van der Waals surface area contributed by atoms with E-state index in [4.69, 9.17) is 5.73 Å². The Balaban J connectivity index is 2.72. The lowest BCUT2D eigenvalue weighted by Crippen LogP contribution is -2.37. The van der Waals surface area contributed by atoms with Crippen molar-refractivity contribution >= 4 is 5.91 Å². The molecule has 16 heavy (non-hydrogen) atoms. The zero-order chi connectivity index (χ0) is 12.3. The Morgan fingerprint density at radius 3 is 2.38 bits per heavy atom. The molecule has 0 radical (unpaired) electrons. The fourth-order valence-corrected chi connectivity index (χ4v) is 1.49. The molecule has 1 rings (SSSR count). The normalized spacial score (nSPS) is 12.3. The summed E-state index contributed by atoms with van der Waals surface area (Å²) >= 11 is 0. The van der Waals surface area contributed by atoms with Crippen LogP contribution in [0.1, 0.15) is 23.6 Å². The minimum Gasteiger partial charge on any atom is -0.351 e. The first kappa shape index (κ1) is 12.6. The lowest BCUT2D eigenvalue weighted by atomic mass is 10.1. The van der Waals surface area contributed by atoms with Gasteiger partial charge in [-0.15, -0.1) is 0 Å². The van der Waals surface area contributed by atoms with Gasteiger partial charge in [0, 0.05) is 6.54 Å². The van der Waals surface area contributed by atoms with E-state index in [9.17, 15) is 9.18 Å². The van der Waals surface area contributed by atoms with E-state index in [1.807, 2.05) is 0 Å². The molecule has 0 aromatic heterocycles. The van der Waals surface area contributed by atoms with Gasteiger partial charge >= 0.3 is 0 Å². The molecule has 1 atom stereocenters. The first-order valence-corrected chi connectivity index (χ1v) is 5.20. The summed E-state index contributed by atoms with van der Waals surface area (Å²) < 4.78 is 13.3. The van der Waals surface area contributed by atoms with Gasteiger partial charge in [-0.25, -0.2) is 4.39 Å². The summed E-state index contributed by atoms with van der Waals surface area (Å²) in [5.74, 6) is -0.401. The number of nitrogens with one attached hydrogen (secondary N) is 1. The van der Waals surface area contributed by atoms with Gasteiger partial charge in [0.1, 0.15) is 5.82 Å². The lowest BCUT2D eigenvalue weighted by Gasteiger charge is -2.10. The molecule has 1 aromatic carbocycles. The van der Waals surface area contributed by atoms with Gasteiger partial charge in [-0.3, -0.25) is 4.79 Å². The molecular weight excluding hydrogens is 207 g/mol. The van der Waals surface area contributed by atoms with Gasteiger partial charge in [0.25, 0.3) is 0 Å². The van der Waals surface area contributed by atoms with Crippen LogP contribution >= 0.6 is 0 Å². The summed E-state index contributed by atoms with van der Waals surface area (Å²) in [6, 6.07) is 2.93. The van der Waals surface area contributed by atoms with E-state index in [0.717, 1.165) is 5.56 Å². The Morgan fingerprint density at radius 2 is 1.94 bits per heavy atom. The molecule has 88 valence electrons. The van der Waals surface area contributed by atoms with Gasteiger partial charge in [-0.1, -0.05) is 12.1 Å². The molecule has 0 aliphatic carbocycles. The summed E-state index contributed by atoms with van der Waals surface area (Å²) in [5.41, 5.74) is 7.47. The highest BCUT2D eigenvalue weighted by molar-refractivity contribution is 5.80. The van der Waals surface area contributed by atoms with Crippen molar-refractivity contribution in [3.8, 4) is 0 Å². The van der Waals surface area contributed by atoms with Crippen LogP contribution in [-0.2, 0) is 11.3 Å². The van der Waals surface area contributed by atoms with Gasteiger partial charge in [-0.05, 0) is 37.5 Å². The molecule has 0 spiro atoms. The van der Waals surface area contributed by atoms with Crippen molar-refractivity contribution in [2.75, 3.05) is 0 Å². The largest absolute Gasteiger partial charge is 0.351 e. The first-order valence-electron chi connectivity index (χ1n) is 5.20. The molecule has 4 heteroatoms. The van der Waals surface area contributed by atoms with Crippen LogP contribution in [0.15, 0.2) is 12.1 Å². The summed E-state index contributed by atoms with van der Waals surface area (Å²) in [6.07, 6.45) is 0. The number of nitrogens with two attached hydrogens (primary N) is 1. The Kier molecular flexibility index (Phi) is 4.01. The van der Waals surface area contributed by atoms with E-state index in [-0.39, 0.29) is 11.7 Å². The maximum Gasteiger partial charge on any atom is 0.236 e. The van der Waals surface area contributed by atoms with Crippen LogP contribution in [0.3, 0.4) is 0 Å². The van der Waals surface area contributed by atoms with E-state index in [1.54, 1.807) is 32.9 Å². The van der Waals surface area contributed by atoms with Crippen molar-refractivity contribution in [2.45, 2.75) is 33.4 Å². The third-order valence-corrected chi connectivity index (χ3v) is 2.38. The molecule has 0 heterocycles. The summed E-state index contributed by atoms with van der Waals surface area (Å²) in [7, 11) is 0. The maximum absolute atomic E-state index is 13.3. The van der Waals surface area contributed by atoms with Crippen molar-refractivity contribution in [1.82, 2.24) is 5.32 Å². The summed E-state index contributed by atoms with van der Waals surface area (Å²) in [6.45, 7) is 5.41. The molecule has 0 saturated heterocycles. The number of carbonyl (C=O) groups is 1. The molecule has 1 amide bonds. The molecule has 3 nitrogen and oxygen atoms in total. The van der Waals surface area contributed by atoms with Crippen LogP contribution in [0.25, 0.3) is 0 Å². The number of hydrogen-bond donors (Lipinski definition) is 2. The fourth-order valence-electron chi connectivity index (χ4n) is 1.49. The average molecular weight is 224 g/mol. The van der Waals surface area contributed by atoms with Crippen LogP contribution < -0.4 is 11.1 Å². The van der Waals surface area contributed by atoms with Crippen molar-refractivity contribution in [1.29, 1.82) is 0 Å². The quantitative estimate of drug-likeness (QED) is 0.815. The number of rotatable bonds is 3. The molecule has 3 N–H and O–H groups in total. The van der Waals surface area contributed by atoms with Gasteiger partial charge in [0.15, 0.2) is 0 Å². The highest BCUT2D eigenvalue weighted by Crippen LogP contribution is 2.14. The molecule has 0 saturated carbocycles. The number of amides is 1. The number of aryl methyl sites for hydroxylation is 2. The maximum atomic E-state index is 13.3. The summed E-state index contributed by atoms with van der Waals surface area (Å²) in [5, 5.41) is 2.69. The van der Waals surface area contributed by atoms with Gasteiger partial charge in [0.2, 0.25) is 5.91 Å². The smallest absolute Gasteiger partial charge is 0.236 e. The van der Waals surface area contributed by atoms with Crippen LogP contribution in [0.2, 0.25) is 0 Å². The number of halogens is 1. The molecule has 0 aliphatic rings. The molecule has 1 unspecified atom stereocenters. The van der Waals surface area contributed by atoms with E-state index in [0.29, 0.717) is 17.7 Å². The van der Waals surface area contributed by atoms with Crippen LogP contribution in [-0.4, -0.2) is 11.9 Å². The molecule has 0 fully saturated rings. The Bertz CT molecular complexity index is 379. The van der Waals surface area contributed by atoms with Crippen LogP contribution in [0.4, 0.5) is 4.39 Å². The second kappa shape index (κ2) is 5.07. The minimum absolute atomic E-state index is 0.192. The van der Waals surface area contributed by atoms with Crippen molar-refractivity contribution < 1.29 is 9.18 Å². The standard InChI is InChI=1S/C12H17FN2O/c1-7-4-10(5-8(2)11(7)13)6-15-12(16)9(3)14/h4-5,9H,6,14H2,1-3H3,(H,15,16). The van der Waals surface area contributed by atoms with Gasteiger partial charge in [-0.2, -0.15) is 0 Å². The molecule has 0 bridgehead atoms. The highest BCUT2D eigenvalue weighted by atomic mass is 19.1. The van der Waals surface area contributed by atoms with E-state index >= 15 is 0 Å². The monoisotopic (exact) mass is 224 g/mol. The second-order valence-electron chi connectivity index (χ2n) is 4.05. The van der Waals surface area contributed by atoms with E-state index in [2.05, 4.69) is 5.32 Å². The third-order valence-electron chi connectivity index (χ3n) is 2.38. The highest BCUT2D eigenvalue weighted by Gasteiger charge is 2.08. The first-order chi connectivity index (χ1) is 7.41. The zero-order valence-electron chi connectivity index (χ0n) is 9.80. The van der Waals surface area contributed by atoms with Crippen molar-refractivity contribution in [3.05, 3.63) is 34.6 Å². The van der Waals surface area contributed by atoms with Crippen molar-refractivity contribution in [3.63, 3.8) is 0 Å². The van der Waals surface area contributed by atoms with Crippen molar-refractivity contribution in [2.24, 2.45) is 5.73 Å². The van der Waals surface area contributed by atoms with Crippen LogP contribution in [0.5, 0.6) is 0 Å². The van der Waals surface area contributed by atoms with E-state index in [1.165, 1.54) is 0 Å². The molecule has 1 aromatic rings. The number of benzene rings is 1. The lowest BCUT2D eigenvalue weighted by molar-refractivity contribution is -0.122. The predicted molar refractivity (Wildman–Crippen MR) is 61.4 cm³/mol. The third kappa shape index (κ3) is 3.03. The second-order valence-corrected chi connectivity index (χ2v) is 4.05. The molecular formula is C12H17FN2O. The fraction of sp³-hybridized carbons (Fsp3) is 0.417. The summed E-state index contributed by atoms with van der Waals surface area (Å²) in [4.78, 5) is 11.2. The predicted octanol–water partition coefficient (Wildman–Crippen LogP) is 1.41. The number of hydrogen-bond acceptors (Lipinski definition) is 2. The molecule has 0 aliphatic heterocycles. The van der Waals surface area contributed by atoms with Crippen LogP contribution in [0, 0.1) is 19.7 Å².